The lowest BCUT2D eigenvalue weighted by molar-refractivity contribution is 0.0473. The van der Waals surface area contributed by atoms with Crippen LogP contribution in [0.15, 0.2) is 60.7 Å². The van der Waals surface area contributed by atoms with Crippen LogP contribution in [-0.4, -0.2) is 19.4 Å². The Labute approximate surface area is 149 Å². The third-order valence-electron chi connectivity index (χ3n) is 3.67. The Balaban J connectivity index is 1.89. The normalized spacial score (nSPS) is 10.3. The molecule has 25 heavy (non-hydrogen) atoms. The molecule has 0 spiro atoms. The van der Waals surface area contributed by atoms with Crippen molar-refractivity contribution in [3.63, 3.8) is 0 Å². The van der Waals surface area contributed by atoms with Crippen LogP contribution >= 0.6 is 11.3 Å². The molecule has 1 aromatic heterocycles. The van der Waals surface area contributed by atoms with E-state index in [9.17, 15) is 9.59 Å². The van der Waals surface area contributed by atoms with E-state index >= 15 is 0 Å². The molecule has 0 saturated heterocycles. The minimum Gasteiger partial charge on any atom is -0.497 e. The lowest BCUT2D eigenvalue weighted by Gasteiger charge is -2.10. The first-order valence-electron chi connectivity index (χ1n) is 7.65. The van der Waals surface area contributed by atoms with Crippen LogP contribution in [0.25, 0.3) is 10.4 Å². The standard InChI is InChI=1S/C20H16O4S/c1-23-15-7-9-17(19-10-8-16(12-21)25-19)18(11-15)20(22)24-13-14-5-3-2-4-6-14/h2-12H,13H2,1H3. The molecule has 0 aliphatic heterocycles. The highest BCUT2D eigenvalue weighted by atomic mass is 32.1. The zero-order valence-electron chi connectivity index (χ0n) is 13.6. The first-order valence-corrected chi connectivity index (χ1v) is 8.47. The Kier molecular flexibility index (Phi) is 5.26. The molecule has 3 rings (SSSR count). The van der Waals surface area contributed by atoms with Crippen molar-refractivity contribution in [3.8, 4) is 16.2 Å². The van der Waals surface area contributed by atoms with Gasteiger partial charge in [0.1, 0.15) is 12.4 Å². The zero-order valence-corrected chi connectivity index (χ0v) is 14.4. The number of carbonyl (C=O) groups is 2. The Morgan fingerprint density at radius 3 is 2.56 bits per heavy atom. The van der Waals surface area contributed by atoms with Crippen molar-refractivity contribution in [2.75, 3.05) is 7.11 Å². The lowest BCUT2D eigenvalue weighted by Crippen LogP contribution is -2.07. The van der Waals surface area contributed by atoms with Crippen LogP contribution in [0.5, 0.6) is 5.75 Å². The van der Waals surface area contributed by atoms with Crippen molar-refractivity contribution >= 4 is 23.6 Å². The van der Waals surface area contributed by atoms with Crippen molar-refractivity contribution in [2.24, 2.45) is 0 Å². The van der Waals surface area contributed by atoms with Gasteiger partial charge in [0.05, 0.1) is 17.6 Å². The van der Waals surface area contributed by atoms with Crippen molar-refractivity contribution < 1.29 is 19.1 Å². The number of aldehydes is 1. The van der Waals surface area contributed by atoms with Crippen LogP contribution in [0.4, 0.5) is 0 Å². The summed E-state index contributed by atoms with van der Waals surface area (Å²) < 4.78 is 10.7. The average Bonchev–Trinajstić information content (AvgIpc) is 3.15. The summed E-state index contributed by atoms with van der Waals surface area (Å²) in [5.74, 6) is 0.140. The van der Waals surface area contributed by atoms with E-state index in [-0.39, 0.29) is 6.61 Å². The molecule has 2 aromatic carbocycles. The number of benzene rings is 2. The number of ether oxygens (including phenoxy) is 2. The summed E-state index contributed by atoms with van der Waals surface area (Å²) in [5, 5.41) is 0. The van der Waals surface area contributed by atoms with Crippen molar-refractivity contribution in [1.29, 1.82) is 0 Å². The van der Waals surface area contributed by atoms with Gasteiger partial charge >= 0.3 is 5.97 Å². The van der Waals surface area contributed by atoms with Crippen LogP contribution in [0, 0.1) is 0 Å². The molecule has 0 unspecified atom stereocenters. The van der Waals surface area contributed by atoms with Gasteiger partial charge in [0.2, 0.25) is 0 Å². The van der Waals surface area contributed by atoms with Gasteiger partial charge in [-0.1, -0.05) is 30.3 Å². The fourth-order valence-electron chi connectivity index (χ4n) is 2.40. The van der Waals surface area contributed by atoms with Crippen LogP contribution < -0.4 is 4.74 Å². The maximum Gasteiger partial charge on any atom is 0.339 e. The SMILES string of the molecule is COc1ccc(-c2ccc(C=O)s2)c(C(=O)OCc2ccccc2)c1. The van der Waals surface area contributed by atoms with E-state index in [1.807, 2.05) is 36.4 Å². The Bertz CT molecular complexity index is 884. The first kappa shape index (κ1) is 16.9. The average molecular weight is 352 g/mol. The highest BCUT2D eigenvalue weighted by Crippen LogP contribution is 2.33. The van der Waals surface area contributed by atoms with Gasteiger partial charge in [-0.2, -0.15) is 0 Å². The van der Waals surface area contributed by atoms with Crippen molar-refractivity contribution in [3.05, 3.63) is 76.7 Å². The monoisotopic (exact) mass is 352 g/mol. The van der Waals surface area contributed by atoms with E-state index in [1.165, 1.54) is 11.3 Å². The quantitative estimate of drug-likeness (QED) is 0.481. The van der Waals surface area contributed by atoms with E-state index in [0.717, 1.165) is 22.3 Å². The predicted octanol–water partition coefficient (Wildman–Crippen LogP) is 4.59. The van der Waals surface area contributed by atoms with Crippen LogP contribution in [0.1, 0.15) is 25.6 Å². The van der Waals surface area contributed by atoms with Gasteiger partial charge in [0, 0.05) is 10.4 Å². The van der Waals surface area contributed by atoms with Crippen LogP contribution in [0.2, 0.25) is 0 Å². The third-order valence-corrected chi connectivity index (χ3v) is 4.71. The molecule has 0 aliphatic carbocycles. The summed E-state index contributed by atoms with van der Waals surface area (Å²) in [4.78, 5) is 25.0. The van der Waals surface area contributed by atoms with E-state index in [1.54, 1.807) is 31.4 Å². The molecule has 1 heterocycles. The molecule has 4 nitrogen and oxygen atoms in total. The van der Waals surface area contributed by atoms with E-state index in [4.69, 9.17) is 9.47 Å². The molecular weight excluding hydrogens is 336 g/mol. The molecular formula is C20H16O4S. The first-order chi connectivity index (χ1) is 12.2. The Morgan fingerprint density at radius 1 is 1.08 bits per heavy atom. The third kappa shape index (κ3) is 3.95. The topological polar surface area (TPSA) is 52.6 Å². The molecule has 5 heteroatoms. The molecule has 0 aliphatic rings. The summed E-state index contributed by atoms with van der Waals surface area (Å²) in [6, 6.07) is 18.3. The smallest absolute Gasteiger partial charge is 0.339 e. The van der Waals surface area contributed by atoms with Crippen molar-refractivity contribution in [1.82, 2.24) is 0 Å². The fraction of sp³-hybridized carbons (Fsp3) is 0.100. The van der Waals surface area contributed by atoms with Gasteiger partial charge in [-0.3, -0.25) is 4.79 Å². The van der Waals surface area contributed by atoms with Crippen LogP contribution in [0.3, 0.4) is 0 Å². The number of rotatable bonds is 6. The minimum absolute atomic E-state index is 0.195. The molecule has 0 N–H and O–H groups in total. The Hall–Kier alpha value is -2.92. The lowest BCUT2D eigenvalue weighted by atomic mass is 10.1. The number of carbonyl (C=O) groups excluding carboxylic acids is 2. The molecule has 0 atom stereocenters. The summed E-state index contributed by atoms with van der Waals surface area (Å²) in [7, 11) is 1.55. The van der Waals surface area contributed by atoms with Gasteiger partial charge in [-0.15, -0.1) is 11.3 Å². The molecule has 0 amide bonds. The number of hydrogen-bond acceptors (Lipinski definition) is 5. The second-order valence-electron chi connectivity index (χ2n) is 5.29. The second-order valence-corrected chi connectivity index (χ2v) is 6.41. The fourth-order valence-corrected chi connectivity index (χ4v) is 3.26. The summed E-state index contributed by atoms with van der Waals surface area (Å²) in [6.07, 6.45) is 0.797. The molecule has 126 valence electrons. The van der Waals surface area contributed by atoms with Gasteiger partial charge in [0.25, 0.3) is 0 Å². The predicted molar refractivity (Wildman–Crippen MR) is 97.3 cm³/mol. The van der Waals surface area contributed by atoms with Gasteiger partial charge in [0.15, 0.2) is 6.29 Å². The highest BCUT2D eigenvalue weighted by molar-refractivity contribution is 7.17. The van der Waals surface area contributed by atoms with E-state index in [0.29, 0.717) is 16.2 Å². The maximum absolute atomic E-state index is 12.6. The van der Waals surface area contributed by atoms with Crippen LogP contribution in [-0.2, 0) is 11.3 Å². The van der Waals surface area contributed by atoms with Gasteiger partial charge in [-0.05, 0) is 35.9 Å². The van der Waals surface area contributed by atoms with Gasteiger partial charge in [-0.25, -0.2) is 4.79 Å². The zero-order chi connectivity index (χ0) is 17.6. The highest BCUT2D eigenvalue weighted by Gasteiger charge is 2.17. The maximum atomic E-state index is 12.6. The molecule has 3 aromatic rings. The van der Waals surface area contributed by atoms with E-state index < -0.39 is 5.97 Å². The minimum atomic E-state index is -0.432. The number of hydrogen-bond donors (Lipinski definition) is 0. The number of methoxy groups -OCH3 is 1. The molecule has 0 fully saturated rings. The van der Waals surface area contributed by atoms with E-state index in [2.05, 4.69) is 0 Å². The summed E-state index contributed by atoms with van der Waals surface area (Å²) in [5.41, 5.74) is 2.05. The van der Waals surface area contributed by atoms with Gasteiger partial charge < -0.3 is 9.47 Å². The number of thiophene rings is 1. The molecule has 0 saturated carbocycles. The Morgan fingerprint density at radius 2 is 1.88 bits per heavy atom. The number of esters is 1. The van der Waals surface area contributed by atoms with Crippen molar-refractivity contribution in [2.45, 2.75) is 6.61 Å². The summed E-state index contributed by atoms with van der Waals surface area (Å²) >= 11 is 1.33. The summed E-state index contributed by atoms with van der Waals surface area (Å²) in [6.45, 7) is 0.195. The molecule has 0 bridgehead atoms. The largest absolute Gasteiger partial charge is 0.497 e. The second kappa shape index (κ2) is 7.77. The molecule has 0 radical (unpaired) electrons.